The van der Waals surface area contributed by atoms with Crippen molar-refractivity contribution in [3.05, 3.63) is 53.1 Å². The van der Waals surface area contributed by atoms with E-state index in [9.17, 15) is 4.79 Å². The predicted molar refractivity (Wildman–Crippen MR) is 92.7 cm³/mol. The molecule has 1 aromatic rings. The summed E-state index contributed by atoms with van der Waals surface area (Å²) in [5.74, 6) is 0.627. The van der Waals surface area contributed by atoms with Gasteiger partial charge in [0, 0.05) is 0 Å². The Kier molecular flexibility index (Phi) is 5.64. The van der Waals surface area contributed by atoms with Crippen LogP contribution in [0.3, 0.4) is 0 Å². The molecule has 0 saturated carbocycles. The van der Waals surface area contributed by atoms with Gasteiger partial charge in [-0.15, -0.1) is 0 Å². The minimum Gasteiger partial charge on any atom is -0.489 e. The zero-order valence-corrected chi connectivity index (χ0v) is 14.5. The Hall–Kier alpha value is -2.03. The second kappa shape index (κ2) is 7.49. The molecule has 0 aliphatic heterocycles. The molecule has 0 unspecified atom stereocenters. The summed E-state index contributed by atoms with van der Waals surface area (Å²) in [6.45, 7) is 8.21. The third kappa shape index (κ3) is 5.93. The largest absolute Gasteiger partial charge is 0.489 e. The lowest BCUT2D eigenvalue weighted by Crippen LogP contribution is -2.25. The highest BCUT2D eigenvalue weighted by Crippen LogP contribution is 2.20. The first-order chi connectivity index (χ1) is 10.8. The average molecular weight is 314 g/mol. The third-order valence-corrected chi connectivity index (χ3v) is 3.55. The Balaban J connectivity index is 1.93. The fraction of sp³-hybridized carbons (Fsp3) is 0.450. The van der Waals surface area contributed by atoms with Gasteiger partial charge in [0.2, 0.25) is 0 Å². The van der Waals surface area contributed by atoms with Crippen LogP contribution in [0.1, 0.15) is 44.7 Å². The van der Waals surface area contributed by atoms with Gasteiger partial charge in [0.05, 0.1) is 6.42 Å². The molecule has 0 saturated heterocycles. The SMILES string of the molecule is Cc1cc(OCC2=CCCC=C2)ccc1CC(=O)OC(C)(C)C. The zero-order valence-electron chi connectivity index (χ0n) is 14.5. The van der Waals surface area contributed by atoms with Crippen LogP contribution in [0.5, 0.6) is 5.75 Å². The van der Waals surface area contributed by atoms with Crippen LogP contribution in [-0.2, 0) is 16.0 Å². The van der Waals surface area contributed by atoms with E-state index >= 15 is 0 Å². The highest BCUT2D eigenvalue weighted by molar-refractivity contribution is 5.73. The van der Waals surface area contributed by atoms with Crippen molar-refractivity contribution in [2.45, 2.75) is 52.6 Å². The first kappa shape index (κ1) is 17.3. The molecule has 1 aromatic carbocycles. The Morgan fingerprint density at radius 2 is 2.00 bits per heavy atom. The highest BCUT2D eigenvalue weighted by atomic mass is 16.6. The van der Waals surface area contributed by atoms with Gasteiger partial charge in [-0.05, 0) is 69.4 Å². The van der Waals surface area contributed by atoms with E-state index in [4.69, 9.17) is 9.47 Å². The summed E-state index contributed by atoms with van der Waals surface area (Å²) in [5, 5.41) is 0. The summed E-state index contributed by atoms with van der Waals surface area (Å²) in [5.41, 5.74) is 2.78. The van der Waals surface area contributed by atoms with Gasteiger partial charge in [0.15, 0.2) is 0 Å². The average Bonchev–Trinajstić information content (AvgIpc) is 2.47. The van der Waals surface area contributed by atoms with Gasteiger partial charge >= 0.3 is 5.97 Å². The van der Waals surface area contributed by atoms with Crippen LogP contribution in [0.2, 0.25) is 0 Å². The van der Waals surface area contributed by atoms with Gasteiger partial charge in [-0.1, -0.05) is 24.3 Å². The van der Waals surface area contributed by atoms with E-state index in [1.165, 1.54) is 5.57 Å². The van der Waals surface area contributed by atoms with Crippen LogP contribution in [0, 0.1) is 6.92 Å². The molecule has 2 rings (SSSR count). The molecule has 23 heavy (non-hydrogen) atoms. The molecule has 0 amide bonds. The third-order valence-electron chi connectivity index (χ3n) is 3.55. The summed E-state index contributed by atoms with van der Waals surface area (Å²) < 4.78 is 11.2. The van der Waals surface area contributed by atoms with Crippen molar-refractivity contribution in [2.24, 2.45) is 0 Å². The fourth-order valence-corrected chi connectivity index (χ4v) is 2.43. The summed E-state index contributed by atoms with van der Waals surface area (Å²) in [6, 6.07) is 5.84. The maximum absolute atomic E-state index is 11.9. The summed E-state index contributed by atoms with van der Waals surface area (Å²) in [6.07, 6.45) is 8.99. The van der Waals surface area contributed by atoms with Crippen LogP contribution in [0.15, 0.2) is 42.0 Å². The van der Waals surface area contributed by atoms with Crippen molar-refractivity contribution in [1.82, 2.24) is 0 Å². The topological polar surface area (TPSA) is 35.5 Å². The Labute approximate surface area is 139 Å². The lowest BCUT2D eigenvalue weighted by Gasteiger charge is -2.20. The number of esters is 1. The van der Waals surface area contributed by atoms with Crippen LogP contribution >= 0.6 is 0 Å². The molecule has 1 aliphatic rings. The minimum absolute atomic E-state index is 0.202. The van der Waals surface area contributed by atoms with Crippen molar-refractivity contribution < 1.29 is 14.3 Å². The van der Waals surface area contributed by atoms with Gasteiger partial charge in [-0.3, -0.25) is 4.79 Å². The van der Waals surface area contributed by atoms with Gasteiger partial charge < -0.3 is 9.47 Å². The monoisotopic (exact) mass is 314 g/mol. The molecule has 0 radical (unpaired) electrons. The molecule has 0 spiro atoms. The number of allylic oxidation sites excluding steroid dienone is 2. The molecular formula is C20H26O3. The number of carbonyl (C=O) groups is 1. The molecule has 0 bridgehead atoms. The Morgan fingerprint density at radius 3 is 2.61 bits per heavy atom. The van der Waals surface area contributed by atoms with Crippen molar-refractivity contribution in [3.8, 4) is 5.75 Å². The summed E-state index contributed by atoms with van der Waals surface area (Å²) in [4.78, 5) is 11.9. The van der Waals surface area contributed by atoms with Crippen LogP contribution in [0.4, 0.5) is 0 Å². The smallest absolute Gasteiger partial charge is 0.310 e. The Morgan fingerprint density at radius 1 is 1.22 bits per heavy atom. The molecular weight excluding hydrogens is 288 g/mol. The van der Waals surface area contributed by atoms with Gasteiger partial charge in [-0.2, -0.15) is 0 Å². The van der Waals surface area contributed by atoms with Crippen molar-refractivity contribution in [2.75, 3.05) is 6.61 Å². The summed E-state index contributed by atoms with van der Waals surface area (Å²) in [7, 11) is 0. The number of hydrogen-bond donors (Lipinski definition) is 0. The van der Waals surface area contributed by atoms with E-state index in [1.807, 2.05) is 45.9 Å². The highest BCUT2D eigenvalue weighted by Gasteiger charge is 2.17. The van der Waals surface area contributed by atoms with E-state index < -0.39 is 5.60 Å². The normalized spacial score (nSPS) is 14.3. The molecule has 1 aliphatic carbocycles. The number of carbonyl (C=O) groups excluding carboxylic acids is 1. The van der Waals surface area contributed by atoms with Crippen molar-refractivity contribution >= 4 is 5.97 Å². The maximum atomic E-state index is 11.9. The Bertz CT molecular complexity index is 618. The lowest BCUT2D eigenvalue weighted by atomic mass is 10.1. The van der Waals surface area contributed by atoms with E-state index in [0.29, 0.717) is 6.61 Å². The van der Waals surface area contributed by atoms with Gasteiger partial charge in [-0.25, -0.2) is 0 Å². The van der Waals surface area contributed by atoms with Crippen molar-refractivity contribution in [3.63, 3.8) is 0 Å². The van der Waals surface area contributed by atoms with Gasteiger partial charge in [0.1, 0.15) is 18.0 Å². The number of benzene rings is 1. The number of hydrogen-bond acceptors (Lipinski definition) is 3. The van der Waals surface area contributed by atoms with Gasteiger partial charge in [0.25, 0.3) is 0 Å². The summed E-state index contributed by atoms with van der Waals surface area (Å²) >= 11 is 0. The quantitative estimate of drug-likeness (QED) is 0.749. The van der Waals surface area contributed by atoms with E-state index in [1.54, 1.807) is 0 Å². The van der Waals surface area contributed by atoms with E-state index in [2.05, 4.69) is 18.2 Å². The standard InChI is InChI=1S/C20H26O3/c1-15-12-18(22-14-16-8-6-5-7-9-16)11-10-17(15)13-19(21)23-20(2,3)4/h6,8-12H,5,7,13-14H2,1-4H3. The van der Waals surface area contributed by atoms with Crippen LogP contribution in [-0.4, -0.2) is 18.2 Å². The number of rotatable bonds is 5. The molecule has 3 heteroatoms. The minimum atomic E-state index is -0.449. The molecule has 3 nitrogen and oxygen atoms in total. The fourth-order valence-electron chi connectivity index (χ4n) is 2.43. The van der Waals surface area contributed by atoms with Crippen LogP contribution in [0.25, 0.3) is 0 Å². The molecule has 0 N–H and O–H groups in total. The van der Waals surface area contributed by atoms with Crippen molar-refractivity contribution in [1.29, 1.82) is 0 Å². The lowest BCUT2D eigenvalue weighted by molar-refractivity contribution is -0.153. The first-order valence-corrected chi connectivity index (χ1v) is 8.13. The van der Waals surface area contributed by atoms with E-state index in [0.717, 1.165) is 29.7 Å². The molecule has 0 fully saturated rings. The van der Waals surface area contributed by atoms with Crippen LogP contribution < -0.4 is 4.74 Å². The second-order valence-electron chi connectivity index (χ2n) is 6.90. The predicted octanol–water partition coefficient (Wildman–Crippen LogP) is 4.53. The molecule has 0 aromatic heterocycles. The molecule has 0 heterocycles. The first-order valence-electron chi connectivity index (χ1n) is 8.13. The molecule has 124 valence electrons. The maximum Gasteiger partial charge on any atom is 0.310 e. The molecule has 0 atom stereocenters. The number of ether oxygens (including phenoxy) is 2. The second-order valence-corrected chi connectivity index (χ2v) is 6.90. The zero-order chi connectivity index (χ0) is 16.9. The number of aryl methyl sites for hydroxylation is 1. The van der Waals surface area contributed by atoms with E-state index in [-0.39, 0.29) is 12.4 Å².